The molecule has 0 radical (unpaired) electrons. The highest BCUT2D eigenvalue weighted by atomic mass is 19.2. The van der Waals surface area contributed by atoms with Crippen molar-refractivity contribution >= 4 is 11.8 Å². The summed E-state index contributed by atoms with van der Waals surface area (Å²) in [5.74, 6) is -1.80. The fraction of sp³-hybridized carbons (Fsp3) is 0.300. The van der Waals surface area contributed by atoms with E-state index in [4.69, 9.17) is 4.74 Å². The molecule has 2 aromatic rings. The van der Waals surface area contributed by atoms with Gasteiger partial charge < -0.3 is 14.5 Å². The number of carbonyl (C=O) groups excluding carboxylic acids is 2. The molecule has 0 aliphatic carbocycles. The van der Waals surface area contributed by atoms with E-state index in [2.05, 4.69) is 0 Å². The summed E-state index contributed by atoms with van der Waals surface area (Å²) in [4.78, 5) is 28.0. The minimum Gasteiger partial charge on any atom is -0.497 e. The first-order valence-corrected chi connectivity index (χ1v) is 8.54. The van der Waals surface area contributed by atoms with Crippen LogP contribution < -0.4 is 4.74 Å². The Labute approximate surface area is 156 Å². The van der Waals surface area contributed by atoms with Crippen LogP contribution in [0.15, 0.2) is 42.5 Å². The van der Waals surface area contributed by atoms with Gasteiger partial charge in [0.2, 0.25) is 11.8 Å². The van der Waals surface area contributed by atoms with E-state index in [0.29, 0.717) is 12.3 Å². The van der Waals surface area contributed by atoms with E-state index in [1.807, 2.05) is 12.1 Å². The Morgan fingerprint density at radius 1 is 1.07 bits per heavy atom. The molecule has 5 nitrogen and oxygen atoms in total. The first-order chi connectivity index (χ1) is 12.9. The molecule has 0 aromatic heterocycles. The lowest BCUT2D eigenvalue weighted by molar-refractivity contribution is -0.156. The molecular formula is C20H20F2N2O3. The van der Waals surface area contributed by atoms with Gasteiger partial charge in [0.25, 0.3) is 0 Å². The third-order valence-corrected chi connectivity index (χ3v) is 4.69. The van der Waals surface area contributed by atoms with Crippen LogP contribution in [0.4, 0.5) is 8.78 Å². The molecule has 1 aliphatic rings. The SMILES string of the molecule is COc1ccc(CN2CC(=O)N(Cc3cccc(F)c3F)[C@@H](C)C2=O)cc1. The van der Waals surface area contributed by atoms with E-state index in [9.17, 15) is 18.4 Å². The second-order valence-electron chi connectivity index (χ2n) is 6.45. The molecule has 2 amide bonds. The standard InChI is InChI=1S/C20H20F2N2O3/c1-13-20(26)23(10-14-6-8-16(27-2)9-7-14)12-18(25)24(13)11-15-4-3-5-17(21)19(15)22/h3-9,13H,10-12H2,1-2H3/t13-/m0/s1. The zero-order valence-electron chi connectivity index (χ0n) is 15.1. The van der Waals surface area contributed by atoms with Gasteiger partial charge >= 0.3 is 0 Å². The number of hydrogen-bond acceptors (Lipinski definition) is 3. The van der Waals surface area contributed by atoms with Gasteiger partial charge in [-0.15, -0.1) is 0 Å². The topological polar surface area (TPSA) is 49.9 Å². The Morgan fingerprint density at radius 3 is 2.44 bits per heavy atom. The molecule has 1 fully saturated rings. The molecule has 1 aliphatic heterocycles. The molecule has 142 valence electrons. The molecule has 0 N–H and O–H groups in total. The van der Waals surface area contributed by atoms with Crippen LogP contribution in [-0.4, -0.2) is 41.3 Å². The maximum atomic E-state index is 13.9. The van der Waals surface area contributed by atoms with Crippen LogP contribution in [0, 0.1) is 11.6 Å². The summed E-state index contributed by atoms with van der Waals surface area (Å²) in [5, 5.41) is 0. The van der Waals surface area contributed by atoms with E-state index < -0.39 is 17.7 Å². The van der Waals surface area contributed by atoms with Crippen LogP contribution in [0.5, 0.6) is 5.75 Å². The lowest BCUT2D eigenvalue weighted by atomic mass is 10.1. The van der Waals surface area contributed by atoms with Crippen molar-refractivity contribution < 1.29 is 23.1 Å². The average molecular weight is 374 g/mol. The first-order valence-electron chi connectivity index (χ1n) is 8.54. The highest BCUT2D eigenvalue weighted by Crippen LogP contribution is 2.21. The van der Waals surface area contributed by atoms with Crippen molar-refractivity contribution in [3.05, 3.63) is 65.2 Å². The van der Waals surface area contributed by atoms with Crippen LogP contribution in [0.25, 0.3) is 0 Å². The molecule has 3 rings (SSSR count). The lowest BCUT2D eigenvalue weighted by Crippen LogP contribution is -2.58. The van der Waals surface area contributed by atoms with Crippen LogP contribution in [0.3, 0.4) is 0 Å². The second kappa shape index (κ2) is 7.73. The summed E-state index contributed by atoms with van der Waals surface area (Å²) in [6.07, 6.45) is 0. The Hall–Kier alpha value is -2.96. The van der Waals surface area contributed by atoms with E-state index in [1.165, 1.54) is 21.9 Å². The number of nitrogens with zero attached hydrogens (tertiary/aromatic N) is 2. The number of benzene rings is 2. The fourth-order valence-corrected chi connectivity index (χ4v) is 3.11. The Bertz CT molecular complexity index is 855. The van der Waals surface area contributed by atoms with E-state index in [1.54, 1.807) is 26.2 Å². The summed E-state index contributed by atoms with van der Waals surface area (Å²) < 4.78 is 32.4. The number of carbonyl (C=O) groups is 2. The molecule has 7 heteroatoms. The van der Waals surface area contributed by atoms with E-state index >= 15 is 0 Å². The van der Waals surface area contributed by atoms with Crippen molar-refractivity contribution in [2.75, 3.05) is 13.7 Å². The second-order valence-corrected chi connectivity index (χ2v) is 6.45. The number of ether oxygens (including phenoxy) is 1. The van der Waals surface area contributed by atoms with Crippen LogP contribution in [0.2, 0.25) is 0 Å². The number of amides is 2. The largest absolute Gasteiger partial charge is 0.497 e. The van der Waals surface area contributed by atoms with Crippen LogP contribution >= 0.6 is 0 Å². The zero-order valence-corrected chi connectivity index (χ0v) is 15.1. The molecule has 1 heterocycles. The third-order valence-electron chi connectivity index (χ3n) is 4.69. The summed E-state index contributed by atoms with van der Waals surface area (Å²) in [7, 11) is 1.57. The van der Waals surface area contributed by atoms with Crippen molar-refractivity contribution in [1.29, 1.82) is 0 Å². The number of methoxy groups -OCH3 is 1. The van der Waals surface area contributed by atoms with Gasteiger partial charge in [-0.25, -0.2) is 8.78 Å². The van der Waals surface area contributed by atoms with Gasteiger partial charge in [-0.2, -0.15) is 0 Å². The number of piperazine rings is 1. The minimum atomic E-state index is -0.995. The third kappa shape index (κ3) is 3.92. The number of rotatable bonds is 5. The molecule has 1 saturated heterocycles. The molecule has 27 heavy (non-hydrogen) atoms. The number of hydrogen-bond donors (Lipinski definition) is 0. The molecular weight excluding hydrogens is 354 g/mol. The Balaban J connectivity index is 1.72. The van der Waals surface area contributed by atoms with Gasteiger partial charge in [0, 0.05) is 18.7 Å². The van der Waals surface area contributed by atoms with Gasteiger partial charge in [-0.05, 0) is 30.7 Å². The van der Waals surface area contributed by atoms with Crippen LogP contribution in [0.1, 0.15) is 18.1 Å². The summed E-state index contributed by atoms with van der Waals surface area (Å²) in [6.45, 7) is 1.64. The molecule has 0 spiro atoms. The maximum absolute atomic E-state index is 13.9. The van der Waals surface area contributed by atoms with Crippen molar-refractivity contribution in [1.82, 2.24) is 9.80 Å². The highest BCUT2D eigenvalue weighted by Gasteiger charge is 2.36. The zero-order chi connectivity index (χ0) is 19.6. The van der Waals surface area contributed by atoms with Crippen molar-refractivity contribution in [2.24, 2.45) is 0 Å². The summed E-state index contributed by atoms with van der Waals surface area (Å²) >= 11 is 0. The Kier molecular flexibility index (Phi) is 5.39. The monoisotopic (exact) mass is 374 g/mol. The molecule has 1 atom stereocenters. The van der Waals surface area contributed by atoms with Crippen molar-refractivity contribution in [2.45, 2.75) is 26.1 Å². The molecule has 2 aromatic carbocycles. The van der Waals surface area contributed by atoms with Crippen molar-refractivity contribution in [3.63, 3.8) is 0 Å². The van der Waals surface area contributed by atoms with Gasteiger partial charge in [0.15, 0.2) is 11.6 Å². The van der Waals surface area contributed by atoms with Gasteiger partial charge in [-0.1, -0.05) is 24.3 Å². The van der Waals surface area contributed by atoms with E-state index in [0.717, 1.165) is 11.6 Å². The Morgan fingerprint density at radius 2 is 1.78 bits per heavy atom. The smallest absolute Gasteiger partial charge is 0.245 e. The molecule has 0 bridgehead atoms. The minimum absolute atomic E-state index is 0.0478. The number of halogens is 2. The first kappa shape index (κ1) is 18.8. The predicted molar refractivity (Wildman–Crippen MR) is 94.8 cm³/mol. The quantitative estimate of drug-likeness (QED) is 0.809. The normalized spacial score (nSPS) is 17.4. The van der Waals surface area contributed by atoms with Crippen LogP contribution in [-0.2, 0) is 22.7 Å². The molecule has 0 saturated carbocycles. The summed E-state index contributed by atoms with van der Waals surface area (Å²) in [6, 6.07) is 10.3. The maximum Gasteiger partial charge on any atom is 0.245 e. The van der Waals surface area contributed by atoms with Gasteiger partial charge in [0.05, 0.1) is 7.11 Å². The van der Waals surface area contributed by atoms with Gasteiger partial charge in [0.1, 0.15) is 18.3 Å². The van der Waals surface area contributed by atoms with Gasteiger partial charge in [-0.3, -0.25) is 9.59 Å². The molecule has 0 unspecified atom stereocenters. The highest BCUT2D eigenvalue weighted by molar-refractivity contribution is 5.94. The average Bonchev–Trinajstić information content (AvgIpc) is 2.67. The predicted octanol–water partition coefficient (Wildman–Crippen LogP) is 2.73. The van der Waals surface area contributed by atoms with Crippen molar-refractivity contribution in [3.8, 4) is 5.75 Å². The lowest BCUT2D eigenvalue weighted by Gasteiger charge is -2.39. The van der Waals surface area contributed by atoms with E-state index in [-0.39, 0.29) is 30.5 Å². The summed E-state index contributed by atoms with van der Waals surface area (Å²) in [5.41, 5.74) is 0.917. The fourth-order valence-electron chi connectivity index (χ4n) is 3.11.